The van der Waals surface area contributed by atoms with E-state index in [2.05, 4.69) is 22.1 Å². The molecule has 6 nitrogen and oxygen atoms in total. The van der Waals surface area contributed by atoms with E-state index in [0.29, 0.717) is 34.6 Å². The number of amides is 1. The predicted molar refractivity (Wildman–Crippen MR) is 145 cm³/mol. The third-order valence-electron chi connectivity index (χ3n) is 5.82. The standard InChI is InChI=1S/C30H22FN3O3S/c31-25-9-5-20(6-10-25)4-7-22-17-23(8-11-27(22)38-19-24-2-1-3-26(35)29(24)36)30(37)33-18-21-12-14-34-15-13-32-28(34)16-21/h1-3,5-6,8-17,35-36H,18-19H2,(H,33,37). The average molecular weight is 524 g/mol. The zero-order valence-corrected chi connectivity index (χ0v) is 20.9. The van der Waals surface area contributed by atoms with Crippen molar-refractivity contribution in [3.63, 3.8) is 0 Å². The van der Waals surface area contributed by atoms with Gasteiger partial charge in [-0.1, -0.05) is 24.0 Å². The second-order valence-corrected chi connectivity index (χ2v) is 9.47. The molecular formula is C30H22FN3O3S. The van der Waals surface area contributed by atoms with E-state index in [9.17, 15) is 19.4 Å². The number of rotatable bonds is 6. The zero-order chi connectivity index (χ0) is 26.5. The van der Waals surface area contributed by atoms with Crippen LogP contribution in [0.1, 0.15) is 32.6 Å². The van der Waals surface area contributed by atoms with Gasteiger partial charge in [-0.15, -0.1) is 11.8 Å². The van der Waals surface area contributed by atoms with Crippen molar-refractivity contribution in [2.24, 2.45) is 0 Å². The van der Waals surface area contributed by atoms with Gasteiger partial charge in [-0.2, -0.15) is 0 Å². The summed E-state index contributed by atoms with van der Waals surface area (Å²) in [6, 6.07) is 19.8. The Morgan fingerprint density at radius 1 is 1.00 bits per heavy atom. The molecule has 8 heteroatoms. The van der Waals surface area contributed by atoms with E-state index in [1.165, 1.54) is 30.0 Å². The maximum Gasteiger partial charge on any atom is 0.251 e. The number of pyridine rings is 1. The number of hydrogen-bond donors (Lipinski definition) is 3. The van der Waals surface area contributed by atoms with Crippen molar-refractivity contribution in [3.8, 4) is 23.3 Å². The highest BCUT2D eigenvalue weighted by molar-refractivity contribution is 7.98. The molecule has 0 spiro atoms. The average Bonchev–Trinajstić information content (AvgIpc) is 3.40. The van der Waals surface area contributed by atoms with Crippen LogP contribution in [0.25, 0.3) is 5.65 Å². The predicted octanol–water partition coefficient (Wildman–Crippen LogP) is 5.51. The highest BCUT2D eigenvalue weighted by Crippen LogP contribution is 2.34. The molecule has 1 amide bonds. The Labute approximate surface area is 222 Å². The van der Waals surface area contributed by atoms with E-state index in [0.717, 1.165) is 16.1 Å². The minimum absolute atomic E-state index is 0.163. The first kappa shape index (κ1) is 24.9. The molecule has 38 heavy (non-hydrogen) atoms. The minimum Gasteiger partial charge on any atom is -0.504 e. The van der Waals surface area contributed by atoms with E-state index in [4.69, 9.17) is 0 Å². The zero-order valence-electron chi connectivity index (χ0n) is 20.1. The summed E-state index contributed by atoms with van der Waals surface area (Å²) in [5.74, 6) is 5.57. The molecule has 0 aliphatic heterocycles. The van der Waals surface area contributed by atoms with Crippen molar-refractivity contribution in [2.75, 3.05) is 0 Å². The lowest BCUT2D eigenvalue weighted by Crippen LogP contribution is -2.23. The summed E-state index contributed by atoms with van der Waals surface area (Å²) < 4.78 is 15.2. The molecular weight excluding hydrogens is 501 g/mol. The number of nitrogens with zero attached hydrogens (tertiary/aromatic N) is 2. The number of carbonyl (C=O) groups excluding carboxylic acids is 1. The van der Waals surface area contributed by atoms with Gasteiger partial charge in [-0.25, -0.2) is 9.37 Å². The monoisotopic (exact) mass is 523 g/mol. The van der Waals surface area contributed by atoms with Gasteiger partial charge in [0.1, 0.15) is 11.5 Å². The Hall–Kier alpha value is -4.74. The minimum atomic E-state index is -0.344. The molecule has 188 valence electrons. The third-order valence-corrected chi connectivity index (χ3v) is 6.95. The van der Waals surface area contributed by atoms with Gasteiger partial charge in [-0.3, -0.25) is 4.79 Å². The Bertz CT molecular complexity index is 1690. The molecule has 5 rings (SSSR count). The molecule has 0 aliphatic rings. The van der Waals surface area contributed by atoms with E-state index in [-0.39, 0.29) is 23.2 Å². The van der Waals surface area contributed by atoms with Gasteiger partial charge in [0.2, 0.25) is 0 Å². The molecule has 0 fully saturated rings. The smallest absolute Gasteiger partial charge is 0.251 e. The number of nitrogens with one attached hydrogen (secondary N) is 1. The summed E-state index contributed by atoms with van der Waals surface area (Å²) in [5.41, 5.74) is 3.99. The number of aromatic nitrogens is 2. The normalized spacial score (nSPS) is 10.7. The van der Waals surface area contributed by atoms with Gasteiger partial charge in [0.15, 0.2) is 11.5 Å². The van der Waals surface area contributed by atoms with Crippen molar-refractivity contribution in [3.05, 3.63) is 125 Å². The van der Waals surface area contributed by atoms with Crippen LogP contribution in [-0.4, -0.2) is 25.5 Å². The Morgan fingerprint density at radius 2 is 1.84 bits per heavy atom. The first-order chi connectivity index (χ1) is 18.5. The van der Waals surface area contributed by atoms with Crippen LogP contribution in [0.4, 0.5) is 4.39 Å². The lowest BCUT2D eigenvalue weighted by molar-refractivity contribution is 0.0950. The number of imidazole rings is 1. The highest BCUT2D eigenvalue weighted by atomic mass is 32.2. The van der Waals surface area contributed by atoms with E-state index in [1.54, 1.807) is 42.6 Å². The van der Waals surface area contributed by atoms with E-state index < -0.39 is 0 Å². The van der Waals surface area contributed by atoms with Crippen LogP contribution in [0, 0.1) is 17.7 Å². The van der Waals surface area contributed by atoms with Crippen molar-refractivity contribution in [2.45, 2.75) is 17.2 Å². The molecule has 5 aromatic rings. The van der Waals surface area contributed by atoms with Gasteiger partial charge in [0, 0.05) is 58.0 Å². The third kappa shape index (κ3) is 5.80. The Kier molecular flexibility index (Phi) is 7.29. The second-order valence-electron chi connectivity index (χ2n) is 8.45. The number of phenols is 2. The topological polar surface area (TPSA) is 86.9 Å². The first-order valence-electron chi connectivity index (χ1n) is 11.7. The summed E-state index contributed by atoms with van der Waals surface area (Å²) in [4.78, 5) is 18.0. The largest absolute Gasteiger partial charge is 0.504 e. The van der Waals surface area contributed by atoms with Crippen LogP contribution >= 0.6 is 11.8 Å². The second kappa shape index (κ2) is 11.1. The molecule has 3 aromatic carbocycles. The van der Waals surface area contributed by atoms with Gasteiger partial charge < -0.3 is 19.9 Å². The first-order valence-corrected chi connectivity index (χ1v) is 12.7. The van der Waals surface area contributed by atoms with Crippen LogP contribution in [-0.2, 0) is 12.3 Å². The molecule has 0 bridgehead atoms. The molecule has 3 N–H and O–H groups in total. The number of halogens is 1. The molecule has 2 aromatic heterocycles. The highest BCUT2D eigenvalue weighted by Gasteiger charge is 2.12. The number of thioether (sulfide) groups is 1. The van der Waals surface area contributed by atoms with Crippen molar-refractivity contribution < 1.29 is 19.4 Å². The van der Waals surface area contributed by atoms with Crippen LogP contribution in [0.3, 0.4) is 0 Å². The van der Waals surface area contributed by atoms with Gasteiger partial charge in [0.25, 0.3) is 5.91 Å². The molecule has 0 saturated heterocycles. The summed E-state index contributed by atoms with van der Waals surface area (Å²) in [6.45, 7) is 0.339. The SMILES string of the molecule is O=C(NCc1ccn2ccnc2c1)c1ccc(SCc2cccc(O)c2O)c(C#Cc2ccc(F)cc2)c1. The van der Waals surface area contributed by atoms with E-state index >= 15 is 0 Å². The number of hydrogen-bond acceptors (Lipinski definition) is 5. The fraction of sp³-hybridized carbons (Fsp3) is 0.0667. The lowest BCUT2D eigenvalue weighted by Gasteiger charge is -2.10. The van der Waals surface area contributed by atoms with Crippen LogP contribution in [0.5, 0.6) is 11.5 Å². The fourth-order valence-electron chi connectivity index (χ4n) is 3.76. The summed E-state index contributed by atoms with van der Waals surface area (Å²) in [7, 11) is 0. The molecule has 0 radical (unpaired) electrons. The Balaban J connectivity index is 1.38. The van der Waals surface area contributed by atoms with Gasteiger partial charge in [-0.05, 0) is 66.2 Å². The quantitative estimate of drug-likeness (QED) is 0.155. The molecule has 0 unspecified atom stereocenters. The van der Waals surface area contributed by atoms with Crippen molar-refractivity contribution in [1.82, 2.24) is 14.7 Å². The molecule has 0 atom stereocenters. The number of fused-ring (bicyclic) bond motifs is 1. The molecule has 0 aliphatic carbocycles. The summed E-state index contributed by atoms with van der Waals surface area (Å²) in [6.07, 6.45) is 5.46. The van der Waals surface area contributed by atoms with Gasteiger partial charge in [0.05, 0.1) is 0 Å². The lowest BCUT2D eigenvalue weighted by atomic mass is 10.1. The van der Waals surface area contributed by atoms with Crippen molar-refractivity contribution >= 4 is 23.3 Å². The van der Waals surface area contributed by atoms with Crippen molar-refractivity contribution in [1.29, 1.82) is 0 Å². The number of aromatic hydroxyl groups is 2. The van der Waals surface area contributed by atoms with Crippen LogP contribution in [0.2, 0.25) is 0 Å². The number of benzene rings is 3. The fourth-order valence-corrected chi connectivity index (χ4v) is 4.74. The number of phenolic OH excluding ortho intramolecular Hbond substituents is 2. The van der Waals surface area contributed by atoms with Crippen LogP contribution < -0.4 is 5.32 Å². The number of para-hydroxylation sites is 1. The van der Waals surface area contributed by atoms with E-state index in [1.807, 2.05) is 35.0 Å². The summed E-state index contributed by atoms with van der Waals surface area (Å²) >= 11 is 1.42. The molecule has 2 heterocycles. The van der Waals surface area contributed by atoms with Crippen LogP contribution in [0.15, 0.2) is 96.3 Å². The maximum atomic E-state index is 13.3. The summed E-state index contributed by atoms with van der Waals surface area (Å²) in [5, 5.41) is 22.9. The van der Waals surface area contributed by atoms with Gasteiger partial charge >= 0.3 is 0 Å². The maximum absolute atomic E-state index is 13.3. The molecule has 0 saturated carbocycles. The Morgan fingerprint density at radius 3 is 2.68 bits per heavy atom. The number of carbonyl (C=O) groups is 1.